The number of unbranched alkanes of at least 4 members (excludes halogenated alkanes) is 2. The number of ether oxygens (including phenoxy) is 1. The van der Waals surface area contributed by atoms with Crippen LogP contribution in [0.15, 0.2) is 30.3 Å². The van der Waals surface area contributed by atoms with Crippen molar-refractivity contribution in [1.82, 2.24) is 5.32 Å². The largest absolute Gasteiger partial charge is 0.385 e. The van der Waals surface area contributed by atoms with Gasteiger partial charge >= 0.3 is 0 Å². The zero-order valence-corrected chi connectivity index (χ0v) is 12.7. The molecule has 1 aromatic carbocycles. The molecule has 0 bridgehead atoms. The van der Waals surface area contributed by atoms with Gasteiger partial charge in [-0.2, -0.15) is 0 Å². The minimum absolute atomic E-state index is 0.489. The highest BCUT2D eigenvalue weighted by molar-refractivity contribution is 5.18. The minimum Gasteiger partial charge on any atom is -0.385 e. The van der Waals surface area contributed by atoms with Gasteiger partial charge in [0, 0.05) is 19.8 Å². The van der Waals surface area contributed by atoms with Crippen LogP contribution in [0, 0.1) is 5.92 Å². The molecule has 108 valence electrons. The van der Waals surface area contributed by atoms with Crippen molar-refractivity contribution < 1.29 is 4.74 Å². The maximum Gasteiger partial charge on any atom is 0.0462 e. The fourth-order valence-corrected chi connectivity index (χ4v) is 2.32. The first-order chi connectivity index (χ1) is 9.24. The number of hydrogen-bond donors (Lipinski definition) is 1. The quantitative estimate of drug-likeness (QED) is 0.639. The van der Waals surface area contributed by atoms with Crippen molar-refractivity contribution in [2.24, 2.45) is 5.92 Å². The monoisotopic (exact) mass is 263 g/mol. The smallest absolute Gasteiger partial charge is 0.0462 e. The van der Waals surface area contributed by atoms with Crippen LogP contribution in [-0.4, -0.2) is 20.3 Å². The number of hydrogen-bond acceptors (Lipinski definition) is 2. The summed E-state index contributed by atoms with van der Waals surface area (Å²) in [7, 11) is 1.77. The molecule has 1 N–H and O–H groups in total. The molecular formula is C17H29NO. The third-order valence-corrected chi connectivity index (χ3v) is 3.33. The number of rotatable bonds is 10. The highest BCUT2D eigenvalue weighted by Crippen LogP contribution is 2.20. The van der Waals surface area contributed by atoms with Crippen LogP contribution in [0.2, 0.25) is 0 Å². The molecule has 0 spiro atoms. The second kappa shape index (κ2) is 9.99. The van der Waals surface area contributed by atoms with E-state index < -0.39 is 0 Å². The second-order valence-electron chi connectivity index (χ2n) is 5.60. The van der Waals surface area contributed by atoms with Crippen LogP contribution in [0.1, 0.15) is 51.1 Å². The first kappa shape index (κ1) is 16.2. The fourth-order valence-electron chi connectivity index (χ4n) is 2.32. The van der Waals surface area contributed by atoms with Gasteiger partial charge < -0.3 is 10.1 Å². The Hall–Kier alpha value is -0.860. The lowest BCUT2D eigenvalue weighted by atomic mass is 9.97. The molecule has 0 aliphatic heterocycles. The first-order valence-electron chi connectivity index (χ1n) is 7.51. The SMILES string of the molecule is COCCCCCNC(CC(C)C)c1ccccc1. The van der Waals surface area contributed by atoms with E-state index in [1.807, 2.05) is 0 Å². The van der Waals surface area contributed by atoms with E-state index in [-0.39, 0.29) is 0 Å². The van der Waals surface area contributed by atoms with Gasteiger partial charge in [0.05, 0.1) is 0 Å². The highest BCUT2D eigenvalue weighted by atomic mass is 16.5. The molecule has 0 fully saturated rings. The molecule has 0 aromatic heterocycles. The van der Waals surface area contributed by atoms with Gasteiger partial charge in [-0.1, -0.05) is 44.2 Å². The van der Waals surface area contributed by atoms with Crippen molar-refractivity contribution in [3.05, 3.63) is 35.9 Å². The van der Waals surface area contributed by atoms with Crippen LogP contribution < -0.4 is 5.32 Å². The van der Waals surface area contributed by atoms with Gasteiger partial charge in [0.15, 0.2) is 0 Å². The first-order valence-corrected chi connectivity index (χ1v) is 7.51. The van der Waals surface area contributed by atoms with Crippen LogP contribution in [0.3, 0.4) is 0 Å². The Bertz CT molecular complexity index is 310. The molecule has 0 saturated carbocycles. The molecule has 1 atom stereocenters. The van der Waals surface area contributed by atoms with Gasteiger partial charge in [-0.15, -0.1) is 0 Å². The summed E-state index contributed by atoms with van der Waals surface area (Å²) in [5.74, 6) is 0.714. The molecule has 0 saturated heterocycles. The van der Waals surface area contributed by atoms with E-state index in [4.69, 9.17) is 4.74 Å². The summed E-state index contributed by atoms with van der Waals surface area (Å²) in [6.45, 7) is 6.55. The topological polar surface area (TPSA) is 21.3 Å². The maximum absolute atomic E-state index is 5.07. The van der Waals surface area contributed by atoms with E-state index >= 15 is 0 Å². The summed E-state index contributed by atoms with van der Waals surface area (Å²) in [5.41, 5.74) is 1.41. The van der Waals surface area contributed by atoms with E-state index in [0.29, 0.717) is 12.0 Å². The standard InChI is InChI=1S/C17H29NO/c1-15(2)14-17(16-10-6-4-7-11-16)18-12-8-5-9-13-19-3/h4,6-7,10-11,15,17-18H,5,8-9,12-14H2,1-3H3. The van der Waals surface area contributed by atoms with E-state index in [0.717, 1.165) is 13.2 Å². The molecule has 0 aliphatic carbocycles. The normalized spacial score (nSPS) is 12.8. The lowest BCUT2D eigenvalue weighted by molar-refractivity contribution is 0.192. The molecule has 2 heteroatoms. The van der Waals surface area contributed by atoms with E-state index in [1.165, 1.54) is 31.2 Å². The zero-order valence-electron chi connectivity index (χ0n) is 12.7. The Kier molecular flexibility index (Phi) is 8.52. The van der Waals surface area contributed by atoms with Gasteiger partial charge in [0.2, 0.25) is 0 Å². The van der Waals surface area contributed by atoms with Crippen molar-refractivity contribution in [2.75, 3.05) is 20.3 Å². The van der Waals surface area contributed by atoms with E-state index in [1.54, 1.807) is 7.11 Å². The molecule has 0 radical (unpaired) electrons. The van der Waals surface area contributed by atoms with Crippen LogP contribution in [-0.2, 0) is 4.74 Å². The van der Waals surface area contributed by atoms with E-state index in [2.05, 4.69) is 49.5 Å². The molecular weight excluding hydrogens is 234 g/mol. The summed E-state index contributed by atoms with van der Waals surface area (Å²) in [5, 5.41) is 3.70. The van der Waals surface area contributed by atoms with Gasteiger partial charge in [-0.3, -0.25) is 0 Å². The Morgan fingerprint density at radius 1 is 1.05 bits per heavy atom. The number of nitrogens with one attached hydrogen (secondary N) is 1. The van der Waals surface area contributed by atoms with Gasteiger partial charge in [-0.25, -0.2) is 0 Å². The second-order valence-corrected chi connectivity index (χ2v) is 5.60. The average molecular weight is 263 g/mol. The van der Waals surface area contributed by atoms with Crippen LogP contribution in [0.5, 0.6) is 0 Å². The van der Waals surface area contributed by atoms with Crippen LogP contribution in [0.4, 0.5) is 0 Å². The van der Waals surface area contributed by atoms with Gasteiger partial charge in [-0.05, 0) is 43.7 Å². The molecule has 1 unspecified atom stereocenters. The fraction of sp³-hybridized carbons (Fsp3) is 0.647. The zero-order chi connectivity index (χ0) is 13.9. The van der Waals surface area contributed by atoms with E-state index in [9.17, 15) is 0 Å². The van der Waals surface area contributed by atoms with Crippen LogP contribution >= 0.6 is 0 Å². The van der Waals surface area contributed by atoms with Gasteiger partial charge in [0.1, 0.15) is 0 Å². The lowest BCUT2D eigenvalue weighted by Gasteiger charge is -2.21. The Morgan fingerprint density at radius 2 is 1.79 bits per heavy atom. The third-order valence-electron chi connectivity index (χ3n) is 3.33. The highest BCUT2D eigenvalue weighted by Gasteiger charge is 2.11. The molecule has 2 nitrogen and oxygen atoms in total. The predicted molar refractivity (Wildman–Crippen MR) is 82.4 cm³/mol. The van der Waals surface area contributed by atoms with Crippen molar-refractivity contribution in [3.8, 4) is 0 Å². The third kappa shape index (κ3) is 7.34. The molecule has 0 aliphatic rings. The van der Waals surface area contributed by atoms with Crippen molar-refractivity contribution in [2.45, 2.75) is 45.6 Å². The van der Waals surface area contributed by atoms with Crippen LogP contribution in [0.25, 0.3) is 0 Å². The Morgan fingerprint density at radius 3 is 2.42 bits per heavy atom. The maximum atomic E-state index is 5.07. The summed E-state index contributed by atoms with van der Waals surface area (Å²) in [6.07, 6.45) is 4.83. The predicted octanol–water partition coefficient (Wildman–Crippen LogP) is 4.18. The van der Waals surface area contributed by atoms with Crippen molar-refractivity contribution in [1.29, 1.82) is 0 Å². The van der Waals surface area contributed by atoms with Gasteiger partial charge in [0.25, 0.3) is 0 Å². The molecule has 1 rings (SSSR count). The minimum atomic E-state index is 0.489. The lowest BCUT2D eigenvalue weighted by Crippen LogP contribution is -2.24. The number of benzene rings is 1. The summed E-state index contributed by atoms with van der Waals surface area (Å²) < 4.78 is 5.07. The van der Waals surface area contributed by atoms with Crippen molar-refractivity contribution >= 4 is 0 Å². The molecule has 19 heavy (non-hydrogen) atoms. The molecule has 0 heterocycles. The Balaban J connectivity index is 2.34. The summed E-state index contributed by atoms with van der Waals surface area (Å²) >= 11 is 0. The van der Waals surface area contributed by atoms with Crippen molar-refractivity contribution in [3.63, 3.8) is 0 Å². The summed E-state index contributed by atoms with van der Waals surface area (Å²) in [4.78, 5) is 0. The molecule has 0 amide bonds. The average Bonchev–Trinajstić information content (AvgIpc) is 2.42. The molecule has 1 aromatic rings. The Labute approximate surface area is 118 Å². The summed E-state index contributed by atoms with van der Waals surface area (Å²) in [6, 6.07) is 11.3. The number of methoxy groups -OCH3 is 1.